The van der Waals surface area contributed by atoms with E-state index in [1.165, 1.54) is 5.56 Å². The standard InChI is InChI=1S/C25H27ClN8O2/c1-35-18-4-2-16(3-5-18)14-32-7-6-20-19(15-32)30-24-23(33-8-10-36-11-9-33)31-21(22(26)34(20)24)17-12-28-25(27)29-13-17/h2-5,12-13H,6-11,14-15H2,1H3,(H2,27,28,29). The van der Waals surface area contributed by atoms with Crippen molar-refractivity contribution in [1.29, 1.82) is 0 Å². The fourth-order valence-corrected chi connectivity index (χ4v) is 5.20. The van der Waals surface area contributed by atoms with Crippen LogP contribution in [-0.4, -0.2) is 69.2 Å². The van der Waals surface area contributed by atoms with E-state index in [0.717, 1.165) is 67.7 Å². The van der Waals surface area contributed by atoms with Crippen molar-refractivity contribution in [3.63, 3.8) is 0 Å². The Morgan fingerprint density at radius 1 is 1.06 bits per heavy atom. The van der Waals surface area contributed by atoms with Gasteiger partial charge in [-0.1, -0.05) is 23.7 Å². The van der Waals surface area contributed by atoms with Crippen LogP contribution in [0.1, 0.15) is 17.0 Å². The lowest BCUT2D eigenvalue weighted by Gasteiger charge is -2.29. The van der Waals surface area contributed by atoms with Gasteiger partial charge in [-0.2, -0.15) is 0 Å². The van der Waals surface area contributed by atoms with Crippen LogP contribution in [0.25, 0.3) is 16.9 Å². The normalized spacial score (nSPS) is 16.3. The van der Waals surface area contributed by atoms with Crippen LogP contribution in [0.3, 0.4) is 0 Å². The predicted octanol–water partition coefficient (Wildman–Crippen LogP) is 2.83. The van der Waals surface area contributed by atoms with Gasteiger partial charge in [-0.15, -0.1) is 0 Å². The van der Waals surface area contributed by atoms with Crippen LogP contribution in [0.15, 0.2) is 36.7 Å². The van der Waals surface area contributed by atoms with Gasteiger partial charge in [0.1, 0.15) is 16.6 Å². The molecular weight excluding hydrogens is 480 g/mol. The van der Waals surface area contributed by atoms with Gasteiger partial charge in [-0.3, -0.25) is 9.30 Å². The second-order valence-corrected chi connectivity index (χ2v) is 9.34. The Morgan fingerprint density at radius 3 is 2.53 bits per heavy atom. The molecule has 0 unspecified atom stereocenters. The van der Waals surface area contributed by atoms with Crippen molar-refractivity contribution in [1.82, 2.24) is 29.2 Å². The summed E-state index contributed by atoms with van der Waals surface area (Å²) in [5.41, 5.74) is 11.2. The summed E-state index contributed by atoms with van der Waals surface area (Å²) in [5, 5.41) is 0.507. The van der Waals surface area contributed by atoms with E-state index in [1.807, 2.05) is 12.1 Å². The minimum atomic E-state index is 0.210. The molecule has 0 amide bonds. The fraction of sp³-hybridized carbons (Fsp3) is 0.360. The molecule has 5 heterocycles. The number of fused-ring (bicyclic) bond motifs is 3. The summed E-state index contributed by atoms with van der Waals surface area (Å²) < 4.78 is 12.9. The number of imidazole rings is 1. The minimum Gasteiger partial charge on any atom is -0.497 e. The van der Waals surface area contributed by atoms with E-state index >= 15 is 0 Å². The molecule has 2 aliphatic heterocycles. The molecule has 1 saturated heterocycles. The first-order chi connectivity index (χ1) is 17.6. The fourth-order valence-electron chi connectivity index (χ4n) is 4.86. The summed E-state index contributed by atoms with van der Waals surface area (Å²) in [6, 6.07) is 8.21. The van der Waals surface area contributed by atoms with Gasteiger partial charge < -0.3 is 20.1 Å². The number of nitrogens with zero attached hydrogens (tertiary/aromatic N) is 7. The zero-order valence-electron chi connectivity index (χ0n) is 20.0. The number of aromatic nitrogens is 5. The third kappa shape index (κ3) is 4.21. The molecule has 0 radical (unpaired) electrons. The van der Waals surface area contributed by atoms with E-state index in [1.54, 1.807) is 19.5 Å². The number of ether oxygens (including phenoxy) is 2. The van der Waals surface area contributed by atoms with E-state index in [0.29, 0.717) is 29.6 Å². The Hall–Kier alpha value is -3.47. The van der Waals surface area contributed by atoms with Crippen molar-refractivity contribution in [3.05, 3.63) is 58.8 Å². The number of anilines is 2. The second-order valence-electron chi connectivity index (χ2n) is 8.98. The minimum absolute atomic E-state index is 0.210. The number of morpholine rings is 1. The predicted molar refractivity (Wildman–Crippen MR) is 137 cm³/mol. The van der Waals surface area contributed by atoms with Crippen LogP contribution in [0.5, 0.6) is 5.75 Å². The SMILES string of the molecule is COc1ccc(CN2CCc3c(nc4c(N5CCOCC5)nc(-c5cnc(N)nc5)c(Cl)n34)C2)cc1. The first-order valence-corrected chi connectivity index (χ1v) is 12.3. The smallest absolute Gasteiger partial charge is 0.219 e. The average Bonchev–Trinajstić information content (AvgIpc) is 3.30. The molecule has 10 nitrogen and oxygen atoms in total. The first-order valence-electron chi connectivity index (χ1n) is 12.0. The van der Waals surface area contributed by atoms with Crippen molar-refractivity contribution >= 4 is 29.0 Å². The molecule has 0 saturated carbocycles. The highest BCUT2D eigenvalue weighted by atomic mass is 35.5. The van der Waals surface area contributed by atoms with Crippen LogP contribution in [-0.2, 0) is 24.2 Å². The van der Waals surface area contributed by atoms with Gasteiger partial charge in [0, 0.05) is 62.8 Å². The van der Waals surface area contributed by atoms with Gasteiger partial charge in [0.15, 0.2) is 11.5 Å². The first kappa shape index (κ1) is 23.0. The molecule has 11 heteroatoms. The van der Waals surface area contributed by atoms with Gasteiger partial charge in [0.05, 0.1) is 26.0 Å². The third-order valence-electron chi connectivity index (χ3n) is 6.72. The topological polar surface area (TPSA) is 107 Å². The van der Waals surface area contributed by atoms with Gasteiger partial charge in [0.25, 0.3) is 0 Å². The number of hydrogen-bond acceptors (Lipinski definition) is 9. The van der Waals surface area contributed by atoms with E-state index in [-0.39, 0.29) is 5.95 Å². The summed E-state index contributed by atoms with van der Waals surface area (Å²) in [4.78, 5) is 23.0. The Morgan fingerprint density at radius 2 is 1.81 bits per heavy atom. The second kappa shape index (κ2) is 9.53. The average molecular weight is 507 g/mol. The van der Waals surface area contributed by atoms with Crippen LogP contribution >= 0.6 is 11.6 Å². The molecule has 0 atom stereocenters. The Kier molecular flexibility index (Phi) is 6.08. The van der Waals surface area contributed by atoms with Crippen LogP contribution < -0.4 is 15.4 Å². The van der Waals surface area contributed by atoms with Crippen molar-refractivity contribution in [2.24, 2.45) is 0 Å². The van der Waals surface area contributed by atoms with Gasteiger partial charge in [-0.25, -0.2) is 19.9 Å². The lowest BCUT2D eigenvalue weighted by atomic mass is 10.1. The number of halogens is 1. The number of nitrogens with two attached hydrogens (primary N) is 1. The number of benzene rings is 1. The molecule has 2 N–H and O–H groups in total. The maximum absolute atomic E-state index is 7.00. The Labute approximate surface area is 213 Å². The summed E-state index contributed by atoms with van der Waals surface area (Å²) in [5.74, 6) is 1.87. The quantitative estimate of drug-likeness (QED) is 0.437. The highest BCUT2D eigenvalue weighted by molar-refractivity contribution is 6.32. The molecule has 4 aromatic rings. The van der Waals surface area contributed by atoms with Crippen molar-refractivity contribution in [3.8, 4) is 17.0 Å². The van der Waals surface area contributed by atoms with Crippen LogP contribution in [0.2, 0.25) is 5.15 Å². The van der Waals surface area contributed by atoms with Gasteiger partial charge in [-0.05, 0) is 17.7 Å². The molecule has 1 fully saturated rings. The molecule has 0 aliphatic carbocycles. The van der Waals surface area contributed by atoms with E-state index in [4.69, 9.17) is 36.8 Å². The lowest BCUT2D eigenvalue weighted by molar-refractivity contribution is 0.122. The monoisotopic (exact) mass is 506 g/mol. The highest BCUT2D eigenvalue weighted by Gasteiger charge is 2.28. The number of methoxy groups -OCH3 is 1. The molecule has 3 aromatic heterocycles. The van der Waals surface area contributed by atoms with E-state index < -0.39 is 0 Å². The zero-order chi connectivity index (χ0) is 24.6. The summed E-state index contributed by atoms with van der Waals surface area (Å²) in [7, 11) is 1.68. The summed E-state index contributed by atoms with van der Waals surface area (Å²) in [6.07, 6.45) is 4.15. The number of rotatable bonds is 5. The summed E-state index contributed by atoms with van der Waals surface area (Å²) >= 11 is 7.00. The molecule has 0 bridgehead atoms. The van der Waals surface area contributed by atoms with Crippen molar-refractivity contribution < 1.29 is 9.47 Å². The van der Waals surface area contributed by atoms with Crippen molar-refractivity contribution in [2.75, 3.05) is 50.6 Å². The largest absolute Gasteiger partial charge is 0.497 e. The Bertz CT molecular complexity index is 1380. The molecular formula is C25H27ClN8O2. The van der Waals surface area contributed by atoms with Crippen LogP contribution in [0.4, 0.5) is 11.8 Å². The zero-order valence-corrected chi connectivity index (χ0v) is 20.8. The van der Waals surface area contributed by atoms with Crippen molar-refractivity contribution in [2.45, 2.75) is 19.5 Å². The molecule has 0 spiro atoms. The molecule has 6 rings (SSSR count). The van der Waals surface area contributed by atoms with E-state index in [2.05, 4.69) is 36.3 Å². The van der Waals surface area contributed by atoms with Gasteiger partial charge >= 0.3 is 0 Å². The van der Waals surface area contributed by atoms with Crippen LogP contribution in [0, 0.1) is 0 Å². The Balaban J connectivity index is 1.40. The molecule has 36 heavy (non-hydrogen) atoms. The van der Waals surface area contributed by atoms with Gasteiger partial charge in [0.2, 0.25) is 5.95 Å². The maximum Gasteiger partial charge on any atom is 0.219 e. The summed E-state index contributed by atoms with van der Waals surface area (Å²) in [6.45, 7) is 5.25. The molecule has 1 aromatic carbocycles. The van der Waals surface area contributed by atoms with E-state index in [9.17, 15) is 0 Å². The number of nitrogen functional groups attached to an aromatic ring is 1. The highest BCUT2D eigenvalue weighted by Crippen LogP contribution is 2.35. The number of hydrogen-bond donors (Lipinski definition) is 1. The lowest BCUT2D eigenvalue weighted by Crippen LogP contribution is -2.37. The molecule has 2 aliphatic rings. The third-order valence-corrected chi connectivity index (χ3v) is 7.07. The molecule has 186 valence electrons. The maximum atomic E-state index is 7.00.